The van der Waals surface area contributed by atoms with Crippen molar-refractivity contribution in [2.45, 2.75) is 77.2 Å². The molecular weight excluding hydrogens is 377 g/mol. The Balaban J connectivity index is 1.81. The van der Waals surface area contributed by atoms with Gasteiger partial charge in [0.2, 0.25) is 0 Å². The Morgan fingerprint density at radius 3 is 2.25 bits per heavy atom. The number of phosphoric ester groups is 1. The van der Waals surface area contributed by atoms with Gasteiger partial charge in [-0.25, -0.2) is 4.99 Å². The van der Waals surface area contributed by atoms with Crippen LogP contribution >= 0.6 is 7.82 Å². The summed E-state index contributed by atoms with van der Waals surface area (Å²) in [4.78, 5) is 26.1. The lowest BCUT2D eigenvalue weighted by molar-refractivity contribution is -0.342. The van der Waals surface area contributed by atoms with E-state index >= 15 is 0 Å². The molecule has 0 spiro atoms. The highest BCUT2D eigenvalue weighted by atomic mass is 31.2. The van der Waals surface area contributed by atoms with Crippen molar-refractivity contribution in [3.63, 3.8) is 0 Å². The standard InChI is InChI=1S/C21H34NO5P/c1-3-4-5-6-7-8-9-19-10-12-20(13-11-19)14-15-21(16-26-18(2)22-21)17-27-28(23,24)25/h10-13H,3-9,14-17H2,1-2H3,(H2,23,24,25)/p-2. The van der Waals surface area contributed by atoms with Crippen molar-refractivity contribution in [1.82, 2.24) is 0 Å². The van der Waals surface area contributed by atoms with E-state index < -0.39 is 13.4 Å². The molecule has 0 aromatic heterocycles. The summed E-state index contributed by atoms with van der Waals surface area (Å²) in [6, 6.07) is 8.54. The average molecular weight is 409 g/mol. The van der Waals surface area contributed by atoms with Gasteiger partial charge in [0, 0.05) is 6.92 Å². The minimum atomic E-state index is -5.03. The van der Waals surface area contributed by atoms with Crippen molar-refractivity contribution < 1.29 is 23.6 Å². The third-order valence-electron chi connectivity index (χ3n) is 5.16. The fourth-order valence-corrected chi connectivity index (χ4v) is 3.87. The molecule has 28 heavy (non-hydrogen) atoms. The molecule has 7 heteroatoms. The van der Waals surface area contributed by atoms with Gasteiger partial charge in [0.15, 0.2) is 5.90 Å². The van der Waals surface area contributed by atoms with Crippen LogP contribution in [-0.2, 0) is 26.7 Å². The lowest BCUT2D eigenvalue weighted by Crippen LogP contribution is -2.36. The average Bonchev–Trinajstić information content (AvgIpc) is 3.03. The second kappa shape index (κ2) is 11.1. The van der Waals surface area contributed by atoms with Crippen LogP contribution in [0, 0.1) is 0 Å². The first-order chi connectivity index (χ1) is 13.3. The van der Waals surface area contributed by atoms with Crippen molar-refractivity contribution in [2.75, 3.05) is 13.2 Å². The third kappa shape index (κ3) is 8.44. The number of ether oxygens (including phenoxy) is 1. The molecule has 1 unspecified atom stereocenters. The zero-order valence-electron chi connectivity index (χ0n) is 17.0. The summed E-state index contributed by atoms with van der Waals surface area (Å²) in [6.07, 6.45) is 10.1. The molecule has 0 saturated carbocycles. The van der Waals surface area contributed by atoms with Crippen LogP contribution in [0.25, 0.3) is 0 Å². The fourth-order valence-electron chi connectivity index (χ4n) is 3.47. The van der Waals surface area contributed by atoms with Crippen LogP contribution < -0.4 is 9.79 Å². The van der Waals surface area contributed by atoms with Crippen molar-refractivity contribution in [3.8, 4) is 0 Å². The molecule has 6 nitrogen and oxygen atoms in total. The molecule has 1 aromatic carbocycles. The number of aryl methyl sites for hydroxylation is 2. The Labute approximate surface area is 168 Å². The Bertz CT molecular complexity index is 670. The summed E-state index contributed by atoms with van der Waals surface area (Å²) >= 11 is 0. The smallest absolute Gasteiger partial charge is 0.180 e. The summed E-state index contributed by atoms with van der Waals surface area (Å²) in [5.41, 5.74) is 1.68. The van der Waals surface area contributed by atoms with Crippen LogP contribution in [0.1, 0.15) is 69.9 Å². The largest absolute Gasteiger partial charge is 0.790 e. The van der Waals surface area contributed by atoms with E-state index in [1.54, 1.807) is 6.92 Å². The molecule has 0 bridgehead atoms. The van der Waals surface area contributed by atoms with Crippen LogP contribution in [0.15, 0.2) is 29.3 Å². The minimum absolute atomic E-state index is 0.231. The molecule has 158 valence electrons. The van der Waals surface area contributed by atoms with E-state index in [4.69, 9.17) is 4.74 Å². The van der Waals surface area contributed by atoms with Crippen LogP contribution in [-0.4, -0.2) is 24.7 Å². The summed E-state index contributed by atoms with van der Waals surface area (Å²) < 4.78 is 20.8. The second-order valence-electron chi connectivity index (χ2n) is 7.70. The summed E-state index contributed by atoms with van der Waals surface area (Å²) in [5.74, 6) is 0.490. The summed E-state index contributed by atoms with van der Waals surface area (Å²) in [7, 11) is -5.03. The van der Waals surface area contributed by atoms with Crippen molar-refractivity contribution in [1.29, 1.82) is 0 Å². The van der Waals surface area contributed by atoms with Gasteiger partial charge >= 0.3 is 0 Å². The van der Waals surface area contributed by atoms with Gasteiger partial charge in [-0.05, 0) is 36.8 Å². The van der Waals surface area contributed by atoms with Gasteiger partial charge in [-0.1, -0.05) is 63.3 Å². The Kier molecular flexibility index (Phi) is 9.16. The first-order valence-corrected chi connectivity index (χ1v) is 11.7. The maximum absolute atomic E-state index is 10.8. The molecule has 0 fully saturated rings. The Morgan fingerprint density at radius 1 is 1.07 bits per heavy atom. The fraction of sp³-hybridized carbons (Fsp3) is 0.667. The van der Waals surface area contributed by atoms with Gasteiger partial charge in [0.05, 0.1) is 14.4 Å². The van der Waals surface area contributed by atoms with Gasteiger partial charge in [0.1, 0.15) is 12.1 Å². The van der Waals surface area contributed by atoms with E-state index in [0.717, 1.165) is 12.0 Å². The van der Waals surface area contributed by atoms with Crippen LogP contribution in [0.2, 0.25) is 0 Å². The first-order valence-electron chi connectivity index (χ1n) is 10.3. The highest BCUT2D eigenvalue weighted by Crippen LogP contribution is 2.32. The van der Waals surface area contributed by atoms with Crippen molar-refractivity contribution >= 4 is 13.7 Å². The molecule has 1 aliphatic heterocycles. The van der Waals surface area contributed by atoms with E-state index in [9.17, 15) is 14.4 Å². The van der Waals surface area contributed by atoms with Gasteiger partial charge in [0.25, 0.3) is 0 Å². The molecular formula is C21H32NO5P-2. The number of unbranched alkanes of at least 4 members (excludes halogenated alkanes) is 5. The lowest BCUT2D eigenvalue weighted by atomic mass is 9.93. The second-order valence-corrected chi connectivity index (χ2v) is 8.85. The topological polar surface area (TPSA) is 94.0 Å². The van der Waals surface area contributed by atoms with Gasteiger partial charge in [-0.3, -0.25) is 0 Å². The van der Waals surface area contributed by atoms with E-state index in [0.29, 0.717) is 18.7 Å². The molecule has 1 aliphatic rings. The van der Waals surface area contributed by atoms with Crippen molar-refractivity contribution in [2.24, 2.45) is 4.99 Å². The van der Waals surface area contributed by atoms with Crippen molar-refractivity contribution in [3.05, 3.63) is 35.4 Å². The minimum Gasteiger partial charge on any atom is -0.790 e. The lowest BCUT2D eigenvalue weighted by Gasteiger charge is -2.33. The molecule has 2 rings (SSSR count). The zero-order chi connectivity index (χ0) is 20.5. The maximum atomic E-state index is 10.8. The molecule has 0 N–H and O–H groups in total. The number of rotatable bonds is 13. The number of phosphoric acid groups is 1. The number of aliphatic imine (C=N–C) groups is 1. The predicted octanol–water partition coefficient (Wildman–Crippen LogP) is 3.55. The summed E-state index contributed by atoms with van der Waals surface area (Å²) in [5, 5.41) is 0. The molecule has 1 atom stereocenters. The third-order valence-corrected chi connectivity index (χ3v) is 5.60. The molecule has 0 amide bonds. The summed E-state index contributed by atoms with van der Waals surface area (Å²) in [6.45, 7) is 3.90. The molecule has 1 aromatic rings. The van der Waals surface area contributed by atoms with E-state index in [1.807, 2.05) is 0 Å². The predicted molar refractivity (Wildman–Crippen MR) is 107 cm³/mol. The molecule has 0 aliphatic carbocycles. The number of nitrogens with zero attached hydrogens (tertiary/aromatic N) is 1. The first kappa shape index (κ1) is 23.1. The highest BCUT2D eigenvalue weighted by Gasteiger charge is 2.36. The number of benzene rings is 1. The number of hydrogen-bond acceptors (Lipinski definition) is 6. The molecule has 0 radical (unpaired) electrons. The van der Waals surface area contributed by atoms with E-state index in [1.165, 1.54) is 44.1 Å². The highest BCUT2D eigenvalue weighted by molar-refractivity contribution is 7.43. The number of hydrogen-bond donors (Lipinski definition) is 0. The van der Waals surface area contributed by atoms with Crippen LogP contribution in [0.3, 0.4) is 0 Å². The quantitative estimate of drug-likeness (QED) is 0.367. The Morgan fingerprint density at radius 2 is 1.68 bits per heavy atom. The van der Waals surface area contributed by atoms with E-state index in [2.05, 4.69) is 40.7 Å². The van der Waals surface area contributed by atoms with Crippen LogP contribution in [0.4, 0.5) is 0 Å². The molecule has 0 saturated heterocycles. The monoisotopic (exact) mass is 409 g/mol. The SMILES string of the molecule is CCCCCCCCc1ccc(CCC2(COP(=O)([O-])[O-])COC(C)=N2)cc1. The van der Waals surface area contributed by atoms with Gasteiger partial charge in [-0.2, -0.15) is 0 Å². The normalized spacial score (nSPS) is 19.5. The Hall–Kier alpha value is -1.20. The van der Waals surface area contributed by atoms with Gasteiger partial charge < -0.3 is 23.6 Å². The maximum Gasteiger partial charge on any atom is 0.180 e. The zero-order valence-corrected chi connectivity index (χ0v) is 17.9. The molecule has 1 heterocycles. The van der Waals surface area contributed by atoms with Gasteiger partial charge in [-0.15, -0.1) is 0 Å². The van der Waals surface area contributed by atoms with Crippen LogP contribution in [0.5, 0.6) is 0 Å². The van der Waals surface area contributed by atoms with E-state index in [-0.39, 0.29) is 13.2 Å².